The monoisotopic (exact) mass is 284 g/mol. The number of ether oxygens (including phenoxy) is 1. The summed E-state index contributed by atoms with van der Waals surface area (Å²) in [6, 6.07) is 0. The quantitative estimate of drug-likeness (QED) is 0.354. The Hall–Kier alpha value is -1.32. The third kappa shape index (κ3) is 10.6. The Bertz CT molecular complexity index is 308. The summed E-state index contributed by atoms with van der Waals surface area (Å²) in [6.07, 6.45) is 9.71. The molecule has 4 nitrogen and oxygen atoms in total. The summed E-state index contributed by atoms with van der Waals surface area (Å²) < 4.78 is 5.30. The first kappa shape index (κ1) is 18.7. The Morgan fingerprint density at radius 2 is 1.65 bits per heavy atom. The molecule has 0 radical (unpaired) electrons. The van der Waals surface area contributed by atoms with Crippen molar-refractivity contribution in [1.29, 1.82) is 0 Å². The maximum atomic E-state index is 11.5. The lowest BCUT2D eigenvalue weighted by molar-refractivity contribution is -0.146. The molecule has 0 heterocycles. The van der Waals surface area contributed by atoms with E-state index in [0.29, 0.717) is 0 Å². The number of carbonyl (C=O) groups is 2. The van der Waals surface area contributed by atoms with Crippen molar-refractivity contribution < 1.29 is 19.4 Å². The summed E-state index contributed by atoms with van der Waals surface area (Å²) >= 11 is 0. The molecule has 0 saturated heterocycles. The Morgan fingerprint density at radius 1 is 1.05 bits per heavy atom. The number of hydrogen-bond acceptors (Lipinski definition) is 3. The van der Waals surface area contributed by atoms with Crippen LogP contribution in [-0.4, -0.2) is 23.1 Å². The van der Waals surface area contributed by atoms with E-state index in [9.17, 15) is 9.59 Å². The van der Waals surface area contributed by atoms with Gasteiger partial charge in [0.15, 0.2) is 0 Å². The maximum absolute atomic E-state index is 11.5. The topological polar surface area (TPSA) is 63.6 Å². The van der Waals surface area contributed by atoms with E-state index < -0.39 is 11.9 Å². The third-order valence-electron chi connectivity index (χ3n) is 3.22. The van der Waals surface area contributed by atoms with Crippen molar-refractivity contribution in [3.63, 3.8) is 0 Å². The van der Waals surface area contributed by atoms with Crippen LogP contribution in [0.4, 0.5) is 0 Å². The van der Waals surface area contributed by atoms with Crippen molar-refractivity contribution in [3.8, 4) is 0 Å². The minimum absolute atomic E-state index is 0.132. The highest BCUT2D eigenvalue weighted by Crippen LogP contribution is 2.16. The highest BCUT2D eigenvalue weighted by molar-refractivity contribution is 5.90. The number of carboxylic acids is 1. The van der Waals surface area contributed by atoms with Crippen LogP contribution in [0.5, 0.6) is 0 Å². The fraction of sp³-hybridized carbons (Fsp3) is 0.750. The van der Waals surface area contributed by atoms with Gasteiger partial charge in [-0.05, 0) is 18.8 Å². The number of hydrogen-bond donors (Lipinski definition) is 1. The van der Waals surface area contributed by atoms with Gasteiger partial charge in [-0.3, -0.25) is 0 Å². The van der Waals surface area contributed by atoms with E-state index in [1.165, 1.54) is 25.7 Å². The molecule has 1 atom stereocenters. The molecule has 0 aromatic heterocycles. The van der Waals surface area contributed by atoms with E-state index in [4.69, 9.17) is 9.84 Å². The summed E-state index contributed by atoms with van der Waals surface area (Å²) in [4.78, 5) is 21.8. The molecule has 0 saturated carbocycles. The zero-order valence-corrected chi connectivity index (χ0v) is 12.9. The van der Waals surface area contributed by atoms with E-state index in [2.05, 4.69) is 6.92 Å². The largest absolute Gasteiger partial charge is 0.478 e. The molecule has 116 valence electrons. The fourth-order valence-electron chi connectivity index (χ4n) is 1.98. The maximum Gasteiger partial charge on any atom is 0.331 e. The molecule has 20 heavy (non-hydrogen) atoms. The third-order valence-corrected chi connectivity index (χ3v) is 3.22. The molecule has 0 aromatic rings. The van der Waals surface area contributed by atoms with Crippen molar-refractivity contribution in [2.75, 3.05) is 0 Å². The number of rotatable bonds is 11. The van der Waals surface area contributed by atoms with Crippen LogP contribution in [0, 0.1) is 5.92 Å². The number of unbranched alkanes of at least 4 members (excludes halogenated alkanes) is 5. The van der Waals surface area contributed by atoms with Crippen LogP contribution in [0.1, 0.15) is 65.7 Å². The molecular weight excluding hydrogens is 256 g/mol. The van der Waals surface area contributed by atoms with Gasteiger partial charge in [0.25, 0.3) is 0 Å². The predicted octanol–water partition coefficient (Wildman–Crippen LogP) is 3.95. The van der Waals surface area contributed by atoms with Gasteiger partial charge in [0.2, 0.25) is 0 Å². The average Bonchev–Trinajstić information content (AvgIpc) is 2.38. The van der Waals surface area contributed by atoms with Crippen LogP contribution in [0.15, 0.2) is 12.2 Å². The van der Waals surface area contributed by atoms with Gasteiger partial charge < -0.3 is 9.84 Å². The van der Waals surface area contributed by atoms with E-state index in [-0.39, 0.29) is 12.0 Å². The molecule has 1 unspecified atom stereocenters. The predicted molar refractivity (Wildman–Crippen MR) is 79.5 cm³/mol. The van der Waals surface area contributed by atoms with E-state index in [1.807, 2.05) is 13.8 Å². The Kier molecular flexibility index (Phi) is 10.7. The molecule has 4 heteroatoms. The first-order valence-electron chi connectivity index (χ1n) is 7.59. The van der Waals surface area contributed by atoms with Crippen molar-refractivity contribution in [2.45, 2.75) is 71.8 Å². The van der Waals surface area contributed by atoms with Gasteiger partial charge in [0, 0.05) is 12.2 Å². The average molecular weight is 284 g/mol. The van der Waals surface area contributed by atoms with Crippen molar-refractivity contribution in [2.24, 2.45) is 5.92 Å². The molecule has 0 aliphatic rings. The van der Waals surface area contributed by atoms with Crippen molar-refractivity contribution in [1.82, 2.24) is 0 Å². The summed E-state index contributed by atoms with van der Waals surface area (Å²) in [6.45, 7) is 6.21. The van der Waals surface area contributed by atoms with E-state index >= 15 is 0 Å². The highest BCUT2D eigenvalue weighted by atomic mass is 16.5. The van der Waals surface area contributed by atoms with Gasteiger partial charge >= 0.3 is 11.9 Å². The lowest BCUT2D eigenvalue weighted by Crippen LogP contribution is -2.22. The summed E-state index contributed by atoms with van der Waals surface area (Å²) in [5.74, 6) is -1.47. The van der Waals surface area contributed by atoms with Crippen LogP contribution in [0.3, 0.4) is 0 Å². The summed E-state index contributed by atoms with van der Waals surface area (Å²) in [5.41, 5.74) is 0. The van der Waals surface area contributed by atoms with Crippen LogP contribution < -0.4 is 0 Å². The molecule has 0 bridgehead atoms. The summed E-state index contributed by atoms with van der Waals surface area (Å²) in [7, 11) is 0. The van der Waals surface area contributed by atoms with Gasteiger partial charge in [0.05, 0.1) is 0 Å². The summed E-state index contributed by atoms with van der Waals surface area (Å²) in [5, 5.41) is 8.46. The van der Waals surface area contributed by atoms with Crippen LogP contribution in [0.25, 0.3) is 0 Å². The van der Waals surface area contributed by atoms with Crippen molar-refractivity contribution in [3.05, 3.63) is 12.2 Å². The van der Waals surface area contributed by atoms with Gasteiger partial charge in [0.1, 0.15) is 6.10 Å². The lowest BCUT2D eigenvalue weighted by Gasteiger charge is -2.20. The second kappa shape index (κ2) is 11.5. The number of esters is 1. The molecule has 1 N–H and O–H groups in total. The fourth-order valence-corrected chi connectivity index (χ4v) is 1.98. The van der Waals surface area contributed by atoms with E-state index in [0.717, 1.165) is 31.4 Å². The Labute approximate surface area is 122 Å². The normalized spacial score (nSPS) is 12.8. The van der Waals surface area contributed by atoms with Gasteiger partial charge in [-0.15, -0.1) is 0 Å². The molecule has 0 aliphatic carbocycles. The van der Waals surface area contributed by atoms with Crippen LogP contribution in [0.2, 0.25) is 0 Å². The smallest absolute Gasteiger partial charge is 0.331 e. The zero-order valence-electron chi connectivity index (χ0n) is 12.9. The Balaban J connectivity index is 3.98. The molecule has 0 rings (SSSR count). The number of carbonyl (C=O) groups excluding carboxylic acids is 1. The molecule has 0 amide bonds. The first-order chi connectivity index (χ1) is 9.47. The lowest BCUT2D eigenvalue weighted by atomic mass is 10.00. The van der Waals surface area contributed by atoms with Crippen LogP contribution in [-0.2, 0) is 14.3 Å². The first-order valence-corrected chi connectivity index (χ1v) is 7.59. The second-order valence-corrected chi connectivity index (χ2v) is 5.45. The zero-order chi connectivity index (χ0) is 15.4. The van der Waals surface area contributed by atoms with Gasteiger partial charge in [-0.2, -0.15) is 0 Å². The highest BCUT2D eigenvalue weighted by Gasteiger charge is 2.16. The Morgan fingerprint density at radius 3 is 2.20 bits per heavy atom. The standard InChI is InChI=1S/C16H28O4/c1-4-5-6-7-8-9-10-14(13(2)3)20-16(19)12-11-15(17)18/h11-14H,4-10H2,1-3H3,(H,17,18). The second-order valence-electron chi connectivity index (χ2n) is 5.45. The minimum Gasteiger partial charge on any atom is -0.478 e. The van der Waals surface area contributed by atoms with E-state index in [1.54, 1.807) is 0 Å². The number of aliphatic carboxylic acids is 1. The molecule has 0 spiro atoms. The molecular formula is C16H28O4. The van der Waals surface area contributed by atoms with Gasteiger partial charge in [-0.1, -0.05) is 52.9 Å². The molecule has 0 fully saturated rings. The number of carboxylic acid groups (broad SMARTS) is 1. The molecule has 0 aromatic carbocycles. The van der Waals surface area contributed by atoms with Crippen LogP contribution >= 0.6 is 0 Å². The molecule has 0 aliphatic heterocycles. The van der Waals surface area contributed by atoms with Crippen molar-refractivity contribution >= 4 is 11.9 Å². The van der Waals surface area contributed by atoms with Gasteiger partial charge in [-0.25, -0.2) is 9.59 Å². The SMILES string of the molecule is CCCCCCCCC(OC(=O)C=CC(=O)O)C(C)C. The minimum atomic E-state index is -1.14.